The predicted octanol–water partition coefficient (Wildman–Crippen LogP) is 2.66. The van der Waals surface area contributed by atoms with Crippen molar-refractivity contribution in [3.63, 3.8) is 0 Å². The largest absolute Gasteiger partial charge is 0.378 e. The maximum Gasteiger partial charge on any atom is 0.321 e. The fourth-order valence-electron chi connectivity index (χ4n) is 4.03. The van der Waals surface area contributed by atoms with E-state index in [1.54, 1.807) is 0 Å². The number of imide groups is 1. The molecule has 1 aromatic carbocycles. The van der Waals surface area contributed by atoms with Crippen LogP contribution < -0.4 is 15.5 Å². The minimum Gasteiger partial charge on any atom is -0.378 e. The highest BCUT2D eigenvalue weighted by atomic mass is 32.2. The Bertz CT molecular complexity index is 937. The number of carbonyl (C=O) groups is 2. The number of amides is 3. The fourth-order valence-corrected chi connectivity index (χ4v) is 4.92. The average Bonchev–Trinajstić information content (AvgIpc) is 3.44. The molecule has 2 fully saturated rings. The molecule has 3 amide bonds. The van der Waals surface area contributed by atoms with E-state index < -0.39 is 6.03 Å². The summed E-state index contributed by atoms with van der Waals surface area (Å²) in [7, 11) is 0. The van der Waals surface area contributed by atoms with E-state index in [2.05, 4.69) is 44.8 Å². The minimum absolute atomic E-state index is 0.184. The molecule has 0 radical (unpaired) electrons. The zero-order valence-corrected chi connectivity index (χ0v) is 19.2. The van der Waals surface area contributed by atoms with Gasteiger partial charge >= 0.3 is 6.03 Å². The van der Waals surface area contributed by atoms with E-state index in [-0.39, 0.29) is 18.4 Å². The van der Waals surface area contributed by atoms with E-state index in [1.165, 1.54) is 11.8 Å². The molecule has 32 heavy (non-hydrogen) atoms. The summed E-state index contributed by atoms with van der Waals surface area (Å²) in [4.78, 5) is 26.4. The van der Waals surface area contributed by atoms with Crippen molar-refractivity contribution < 1.29 is 14.3 Å². The van der Waals surface area contributed by atoms with E-state index in [0.29, 0.717) is 19.0 Å². The number of benzene rings is 1. The summed E-state index contributed by atoms with van der Waals surface area (Å²) in [6, 6.07) is 7.98. The van der Waals surface area contributed by atoms with Crippen LogP contribution in [0.3, 0.4) is 0 Å². The second-order valence-electron chi connectivity index (χ2n) is 8.16. The lowest BCUT2D eigenvalue weighted by Gasteiger charge is -2.28. The van der Waals surface area contributed by atoms with Crippen LogP contribution in [0.5, 0.6) is 0 Å². The van der Waals surface area contributed by atoms with Crippen LogP contribution in [0.15, 0.2) is 29.4 Å². The fraction of sp³-hybridized carbons (Fsp3) is 0.545. The summed E-state index contributed by atoms with van der Waals surface area (Å²) in [5, 5.41) is 14.9. The molecule has 2 N–H and O–H groups in total. The smallest absolute Gasteiger partial charge is 0.321 e. The highest BCUT2D eigenvalue weighted by Crippen LogP contribution is 2.28. The van der Waals surface area contributed by atoms with E-state index in [9.17, 15) is 9.59 Å². The number of aromatic nitrogens is 3. The third kappa shape index (κ3) is 5.80. The average molecular weight is 459 g/mol. The van der Waals surface area contributed by atoms with Crippen molar-refractivity contribution in [2.75, 3.05) is 37.0 Å². The maximum absolute atomic E-state index is 12.2. The topological polar surface area (TPSA) is 101 Å². The van der Waals surface area contributed by atoms with Crippen molar-refractivity contribution in [2.24, 2.45) is 0 Å². The summed E-state index contributed by atoms with van der Waals surface area (Å²) in [6.45, 7) is 4.88. The van der Waals surface area contributed by atoms with Crippen molar-refractivity contribution in [1.82, 2.24) is 25.4 Å². The van der Waals surface area contributed by atoms with Gasteiger partial charge in [-0.15, -0.1) is 10.2 Å². The molecular weight excluding hydrogens is 428 g/mol. The Morgan fingerprint density at radius 2 is 1.97 bits per heavy atom. The second kappa shape index (κ2) is 10.8. The molecule has 1 aliphatic heterocycles. The van der Waals surface area contributed by atoms with Gasteiger partial charge in [0.2, 0.25) is 11.9 Å². The second-order valence-corrected chi connectivity index (χ2v) is 9.22. The number of hydrogen-bond acceptors (Lipinski definition) is 7. The minimum atomic E-state index is -0.399. The molecule has 1 aliphatic carbocycles. The lowest BCUT2D eigenvalue weighted by molar-refractivity contribution is -0.119. The number of hydrogen-bond donors (Lipinski definition) is 2. The highest BCUT2D eigenvalue weighted by Gasteiger charge is 2.22. The molecule has 0 atom stereocenters. The number of ether oxygens (including phenoxy) is 1. The summed E-state index contributed by atoms with van der Waals surface area (Å²) in [5.74, 6) is 0.986. The third-order valence-corrected chi connectivity index (χ3v) is 6.60. The van der Waals surface area contributed by atoms with E-state index in [0.717, 1.165) is 61.1 Å². The van der Waals surface area contributed by atoms with Gasteiger partial charge in [-0.25, -0.2) is 4.79 Å². The highest BCUT2D eigenvalue weighted by molar-refractivity contribution is 7.99. The molecule has 0 unspecified atom stereocenters. The van der Waals surface area contributed by atoms with Crippen LogP contribution in [0.25, 0.3) is 5.69 Å². The van der Waals surface area contributed by atoms with Gasteiger partial charge in [0, 0.05) is 31.3 Å². The lowest BCUT2D eigenvalue weighted by Crippen LogP contribution is -2.43. The first-order valence-corrected chi connectivity index (χ1v) is 12.2. The first-order chi connectivity index (χ1) is 15.6. The molecule has 1 saturated heterocycles. The number of rotatable bonds is 7. The Morgan fingerprint density at radius 3 is 2.72 bits per heavy atom. The van der Waals surface area contributed by atoms with Gasteiger partial charge in [0.05, 0.1) is 18.9 Å². The molecule has 10 heteroatoms. The number of aryl methyl sites for hydroxylation is 1. The first-order valence-electron chi connectivity index (χ1n) is 11.2. The van der Waals surface area contributed by atoms with Crippen LogP contribution in [0.2, 0.25) is 0 Å². The van der Waals surface area contributed by atoms with Gasteiger partial charge in [-0.2, -0.15) is 0 Å². The molecule has 2 aliphatic rings. The maximum atomic E-state index is 12.2. The standard InChI is InChI=1S/C22H30N6O3S/c1-16-5-4-8-18(15-16)28-21(27-10-12-31-13-11-27)25-26-22(28)32-14-9-19(29)24-20(30)23-17-6-2-3-7-17/h4-5,8,15,17H,2-3,6-7,9-14H2,1H3,(H2,23,24,29,30). The summed E-state index contributed by atoms with van der Waals surface area (Å²) >= 11 is 1.46. The van der Waals surface area contributed by atoms with Crippen LogP contribution >= 0.6 is 11.8 Å². The van der Waals surface area contributed by atoms with Crippen molar-refractivity contribution in [1.29, 1.82) is 0 Å². The van der Waals surface area contributed by atoms with Crippen molar-refractivity contribution in [3.8, 4) is 5.69 Å². The van der Waals surface area contributed by atoms with Gasteiger partial charge in [0.25, 0.3) is 0 Å². The number of urea groups is 1. The number of carbonyl (C=O) groups excluding carboxylic acids is 2. The SMILES string of the molecule is Cc1cccc(-n2c(SCCC(=O)NC(=O)NC3CCCC3)nnc2N2CCOCC2)c1. The van der Waals surface area contributed by atoms with Gasteiger partial charge in [-0.3, -0.25) is 14.7 Å². The zero-order valence-electron chi connectivity index (χ0n) is 18.4. The van der Waals surface area contributed by atoms with E-state index in [1.807, 2.05) is 16.7 Å². The molecule has 1 saturated carbocycles. The molecule has 2 heterocycles. The summed E-state index contributed by atoms with van der Waals surface area (Å²) in [6.07, 6.45) is 4.44. The zero-order chi connectivity index (χ0) is 22.3. The molecular formula is C22H30N6O3S. The predicted molar refractivity (Wildman–Crippen MR) is 123 cm³/mol. The van der Waals surface area contributed by atoms with Gasteiger partial charge < -0.3 is 15.0 Å². The molecule has 0 bridgehead atoms. The van der Waals surface area contributed by atoms with Crippen LogP contribution in [-0.2, 0) is 9.53 Å². The number of thioether (sulfide) groups is 1. The molecule has 9 nitrogen and oxygen atoms in total. The monoisotopic (exact) mass is 458 g/mol. The van der Waals surface area contributed by atoms with Crippen LogP contribution in [0, 0.1) is 6.92 Å². The van der Waals surface area contributed by atoms with Crippen molar-refractivity contribution in [3.05, 3.63) is 29.8 Å². The lowest BCUT2D eigenvalue weighted by atomic mass is 10.2. The van der Waals surface area contributed by atoms with Gasteiger partial charge in [-0.1, -0.05) is 36.7 Å². The molecule has 2 aromatic rings. The Balaban J connectivity index is 1.39. The van der Waals surface area contributed by atoms with Gasteiger partial charge in [0.15, 0.2) is 5.16 Å². The van der Waals surface area contributed by atoms with Crippen LogP contribution in [-0.4, -0.2) is 64.8 Å². The van der Waals surface area contributed by atoms with Gasteiger partial charge in [-0.05, 0) is 37.5 Å². The Kier molecular flexibility index (Phi) is 7.64. The number of nitrogens with one attached hydrogen (secondary N) is 2. The van der Waals surface area contributed by atoms with E-state index in [4.69, 9.17) is 4.74 Å². The molecule has 4 rings (SSSR count). The first kappa shape index (κ1) is 22.6. The number of anilines is 1. The Morgan fingerprint density at radius 1 is 1.19 bits per heavy atom. The quantitative estimate of drug-likeness (QED) is 0.615. The molecule has 0 spiro atoms. The number of nitrogens with zero attached hydrogens (tertiary/aromatic N) is 4. The summed E-state index contributed by atoms with van der Waals surface area (Å²) < 4.78 is 7.51. The third-order valence-electron chi connectivity index (χ3n) is 5.67. The summed E-state index contributed by atoms with van der Waals surface area (Å²) in [5.41, 5.74) is 2.13. The van der Waals surface area contributed by atoms with Crippen molar-refractivity contribution in [2.45, 2.75) is 50.2 Å². The molecule has 1 aromatic heterocycles. The van der Waals surface area contributed by atoms with Crippen molar-refractivity contribution >= 4 is 29.6 Å². The molecule has 172 valence electrons. The van der Waals surface area contributed by atoms with E-state index >= 15 is 0 Å². The van der Waals surface area contributed by atoms with Crippen LogP contribution in [0.1, 0.15) is 37.7 Å². The van der Waals surface area contributed by atoms with Gasteiger partial charge in [0.1, 0.15) is 0 Å². The number of morpholine rings is 1. The normalized spacial score (nSPS) is 16.8. The van der Waals surface area contributed by atoms with Crippen LogP contribution in [0.4, 0.5) is 10.7 Å². The Labute approximate surface area is 192 Å². The Hall–Kier alpha value is -2.59.